The molecule has 0 N–H and O–H groups in total. The van der Waals surface area contributed by atoms with Crippen molar-refractivity contribution in [1.82, 2.24) is 40.8 Å². The first-order valence-electron chi connectivity index (χ1n) is 39.4. The third-order valence-corrected chi connectivity index (χ3v) is 19.9. The standard InChI is InChI=1S/C25H20.4C20H15N3O/c1-5-13-21(14-6-1)25(22-15-7-2-8-16-22,23-17-9-3-10-18-23)24-19-11-4-12-20-24;4*1-3-7-17(8-4-1)23(18-9-5-2-6-10-18)19-13-11-16(12-14-19)20-22-21-15-24-20/h1-20H;4*1-15H. The number of para-hydroxylation sites is 8. The number of hydrogen-bond acceptors (Lipinski definition) is 16. The summed E-state index contributed by atoms with van der Waals surface area (Å²) in [4.78, 5) is 8.82. The van der Waals surface area contributed by atoms with Crippen LogP contribution in [0, 0.1) is 0 Å². The summed E-state index contributed by atoms with van der Waals surface area (Å²) in [6.07, 6.45) is 5.35. The first kappa shape index (κ1) is 78.2. The van der Waals surface area contributed by atoms with Gasteiger partial charge in [-0.1, -0.05) is 267 Å². The molecular formula is C105H80N12O4. The summed E-state index contributed by atoms with van der Waals surface area (Å²) in [5.41, 5.74) is 21.5. The average molecular weight is 1570 g/mol. The van der Waals surface area contributed by atoms with Gasteiger partial charge in [0, 0.05) is 90.5 Å². The highest BCUT2D eigenvalue weighted by Crippen LogP contribution is 2.46. The van der Waals surface area contributed by atoms with E-state index in [0.717, 1.165) is 90.5 Å². The molecule has 20 rings (SSSR count). The van der Waals surface area contributed by atoms with E-state index in [0.29, 0.717) is 23.6 Å². The molecular weight excluding hydrogens is 1490 g/mol. The third-order valence-electron chi connectivity index (χ3n) is 19.9. The van der Waals surface area contributed by atoms with Gasteiger partial charge in [0.15, 0.2) is 0 Å². The zero-order chi connectivity index (χ0) is 81.7. The Morgan fingerprint density at radius 3 is 0.413 bits per heavy atom. The first-order valence-corrected chi connectivity index (χ1v) is 39.4. The van der Waals surface area contributed by atoms with Crippen molar-refractivity contribution in [3.05, 3.63) is 509 Å². The Hall–Kier alpha value is -16.7. The number of benzene rings is 16. The van der Waals surface area contributed by atoms with Crippen LogP contribution in [0.2, 0.25) is 0 Å². The van der Waals surface area contributed by atoms with Gasteiger partial charge in [-0.15, -0.1) is 40.8 Å². The highest BCUT2D eigenvalue weighted by Gasteiger charge is 2.38. The summed E-state index contributed by atoms with van der Waals surface area (Å²) in [6, 6.07) is 158. The molecule has 16 aromatic carbocycles. The SMILES string of the molecule is c1ccc(C(c2ccccc2)(c2ccccc2)c2ccccc2)cc1.c1ccc(N(c2ccccc2)c2ccc(-c3nnco3)cc2)cc1.c1ccc(N(c2ccccc2)c2ccc(-c3nnco3)cc2)cc1.c1ccc(N(c2ccccc2)c2ccc(-c3nnco3)cc2)cc1.c1ccc(N(c2ccccc2)c2ccc(-c3nnco3)cc2)cc1. The molecule has 0 amide bonds. The van der Waals surface area contributed by atoms with Crippen molar-refractivity contribution in [1.29, 1.82) is 0 Å². The monoisotopic (exact) mass is 1570 g/mol. The molecule has 16 heteroatoms. The largest absolute Gasteiger partial charge is 0.423 e. The van der Waals surface area contributed by atoms with Crippen LogP contribution in [-0.2, 0) is 5.41 Å². The highest BCUT2D eigenvalue weighted by molar-refractivity contribution is 5.82. The van der Waals surface area contributed by atoms with E-state index < -0.39 is 0 Å². The predicted molar refractivity (Wildman–Crippen MR) is 482 cm³/mol. The van der Waals surface area contributed by atoms with E-state index in [1.165, 1.54) is 47.8 Å². The van der Waals surface area contributed by atoms with Gasteiger partial charge in [-0.2, -0.15) is 0 Å². The molecule has 4 heterocycles. The van der Waals surface area contributed by atoms with Crippen molar-refractivity contribution in [3.63, 3.8) is 0 Å². The first-order chi connectivity index (χ1) is 60.1. The summed E-state index contributed by atoms with van der Waals surface area (Å²) in [5, 5.41) is 30.7. The molecule has 0 spiro atoms. The number of nitrogens with zero attached hydrogens (tertiary/aromatic N) is 12. The molecule has 121 heavy (non-hydrogen) atoms. The van der Waals surface area contributed by atoms with Gasteiger partial charge >= 0.3 is 0 Å². The van der Waals surface area contributed by atoms with Crippen molar-refractivity contribution in [2.45, 2.75) is 5.41 Å². The quantitative estimate of drug-likeness (QED) is 0.0660. The number of aromatic nitrogens is 8. The lowest BCUT2D eigenvalue weighted by Gasteiger charge is -2.36. The molecule has 4 aromatic heterocycles. The Morgan fingerprint density at radius 2 is 0.281 bits per heavy atom. The Balaban J connectivity index is 0.000000112. The van der Waals surface area contributed by atoms with Crippen LogP contribution in [0.15, 0.2) is 504 Å². The minimum absolute atomic E-state index is 0.328. The maximum Gasteiger partial charge on any atom is 0.247 e. The van der Waals surface area contributed by atoms with E-state index in [9.17, 15) is 0 Å². The minimum atomic E-state index is -0.328. The lowest BCUT2D eigenvalue weighted by Crippen LogP contribution is -2.30. The van der Waals surface area contributed by atoms with Crippen LogP contribution in [0.25, 0.3) is 45.8 Å². The Bertz CT molecular complexity index is 5350. The normalized spacial score (nSPS) is 10.6. The summed E-state index contributed by atoms with van der Waals surface area (Å²) in [5.74, 6) is 2.08. The van der Waals surface area contributed by atoms with Crippen LogP contribution >= 0.6 is 0 Å². The fraction of sp³-hybridized carbons (Fsp3) is 0.00952. The van der Waals surface area contributed by atoms with Crippen molar-refractivity contribution >= 4 is 68.2 Å². The van der Waals surface area contributed by atoms with Gasteiger partial charge in [0.05, 0.1) is 5.41 Å². The van der Waals surface area contributed by atoms with Crippen molar-refractivity contribution < 1.29 is 17.7 Å². The molecule has 0 radical (unpaired) electrons. The molecule has 20 aromatic rings. The van der Waals surface area contributed by atoms with Crippen LogP contribution in [-0.4, -0.2) is 40.8 Å². The Labute approximate surface area is 702 Å². The molecule has 0 fully saturated rings. The molecule has 0 saturated carbocycles. The maximum absolute atomic E-state index is 5.25. The van der Waals surface area contributed by atoms with E-state index >= 15 is 0 Å². The van der Waals surface area contributed by atoms with Gasteiger partial charge in [0.1, 0.15) is 0 Å². The predicted octanol–water partition coefficient (Wildman–Crippen LogP) is 26.9. The maximum atomic E-state index is 5.25. The second-order valence-corrected chi connectivity index (χ2v) is 27.4. The van der Waals surface area contributed by atoms with Gasteiger partial charge in [-0.3, -0.25) is 0 Å². The van der Waals surface area contributed by atoms with E-state index in [1.54, 1.807) is 0 Å². The van der Waals surface area contributed by atoms with Crippen LogP contribution in [0.1, 0.15) is 22.3 Å². The minimum Gasteiger partial charge on any atom is -0.423 e. The molecule has 0 aliphatic heterocycles. The molecule has 0 aliphatic carbocycles. The van der Waals surface area contributed by atoms with Crippen LogP contribution < -0.4 is 19.6 Å². The molecule has 0 aliphatic rings. The average Bonchev–Trinajstić information content (AvgIpc) is 0.740. The smallest absolute Gasteiger partial charge is 0.247 e. The summed E-state index contributed by atoms with van der Waals surface area (Å²) < 4.78 is 21.0. The van der Waals surface area contributed by atoms with Gasteiger partial charge in [0.2, 0.25) is 49.1 Å². The molecule has 0 bridgehead atoms. The number of rotatable bonds is 20. The van der Waals surface area contributed by atoms with Gasteiger partial charge in [-0.05, 0) is 216 Å². The highest BCUT2D eigenvalue weighted by atomic mass is 16.4. The van der Waals surface area contributed by atoms with Gasteiger partial charge < -0.3 is 37.3 Å². The molecule has 0 saturated heterocycles. The number of anilines is 12. The summed E-state index contributed by atoms with van der Waals surface area (Å²) in [7, 11) is 0. The lowest BCUT2D eigenvalue weighted by molar-refractivity contribution is 0.568. The number of hydrogen-bond donors (Lipinski definition) is 0. The molecule has 584 valence electrons. The lowest BCUT2D eigenvalue weighted by atomic mass is 9.65. The van der Waals surface area contributed by atoms with Gasteiger partial charge in [-0.25, -0.2) is 0 Å². The fourth-order valence-electron chi connectivity index (χ4n) is 14.4. The second kappa shape index (κ2) is 39.6. The van der Waals surface area contributed by atoms with Gasteiger partial charge in [0.25, 0.3) is 0 Å². The van der Waals surface area contributed by atoms with Crippen LogP contribution in [0.4, 0.5) is 68.2 Å². The topological polar surface area (TPSA) is 169 Å². The zero-order valence-corrected chi connectivity index (χ0v) is 65.7. The van der Waals surface area contributed by atoms with Crippen molar-refractivity contribution in [3.8, 4) is 45.8 Å². The van der Waals surface area contributed by atoms with Crippen LogP contribution in [0.3, 0.4) is 0 Å². The Kier molecular flexibility index (Phi) is 25.6. The summed E-state index contributed by atoms with van der Waals surface area (Å²) >= 11 is 0. The summed E-state index contributed by atoms with van der Waals surface area (Å²) in [6.45, 7) is 0. The third kappa shape index (κ3) is 19.1. The zero-order valence-electron chi connectivity index (χ0n) is 65.7. The van der Waals surface area contributed by atoms with Crippen molar-refractivity contribution in [2.24, 2.45) is 0 Å². The molecule has 0 unspecified atom stereocenters. The van der Waals surface area contributed by atoms with E-state index in [4.69, 9.17) is 17.7 Å². The van der Waals surface area contributed by atoms with E-state index in [-0.39, 0.29) is 5.41 Å². The Morgan fingerprint density at radius 1 is 0.149 bits per heavy atom. The van der Waals surface area contributed by atoms with Crippen LogP contribution in [0.5, 0.6) is 0 Å². The van der Waals surface area contributed by atoms with E-state index in [1.807, 2.05) is 194 Å². The van der Waals surface area contributed by atoms with Crippen molar-refractivity contribution in [2.75, 3.05) is 19.6 Å². The fourth-order valence-corrected chi connectivity index (χ4v) is 14.4. The molecule has 0 atom stereocenters. The second-order valence-electron chi connectivity index (χ2n) is 27.4. The van der Waals surface area contributed by atoms with E-state index in [2.05, 4.69) is 327 Å². The molecule has 16 nitrogen and oxygen atoms in total.